The minimum absolute atomic E-state index is 0.344. The fraction of sp³-hybridized carbons (Fsp3) is 0.385. The minimum Gasteiger partial charge on any atom is -0.497 e. The van der Waals surface area contributed by atoms with Gasteiger partial charge in [-0.2, -0.15) is 0 Å². The molecule has 1 aromatic rings. The molecule has 7 heteroatoms. The van der Waals surface area contributed by atoms with Crippen LogP contribution in [0.1, 0.15) is 5.56 Å². The first-order chi connectivity index (χ1) is 9.56. The van der Waals surface area contributed by atoms with E-state index in [1.165, 1.54) is 0 Å². The van der Waals surface area contributed by atoms with Crippen LogP contribution in [-0.2, 0) is 11.2 Å². The molecule has 0 saturated carbocycles. The number of carboxylic acids is 1. The first-order valence-electron chi connectivity index (χ1n) is 6.07. The molecule has 1 atom stereocenters. The molecule has 0 unspecified atom stereocenters. The van der Waals surface area contributed by atoms with Crippen molar-refractivity contribution in [2.24, 2.45) is 0 Å². The number of urea groups is 1. The van der Waals surface area contributed by atoms with E-state index in [4.69, 9.17) is 14.9 Å². The Labute approximate surface area is 116 Å². The molecule has 0 aliphatic carbocycles. The largest absolute Gasteiger partial charge is 0.497 e. The van der Waals surface area contributed by atoms with Crippen molar-refractivity contribution in [1.82, 2.24) is 10.6 Å². The molecule has 0 saturated heterocycles. The summed E-state index contributed by atoms with van der Waals surface area (Å²) < 4.78 is 5.08. The normalized spacial score (nSPS) is 11.5. The van der Waals surface area contributed by atoms with Gasteiger partial charge in [0.15, 0.2) is 6.04 Å². The third-order valence-electron chi connectivity index (χ3n) is 2.62. The lowest BCUT2D eigenvalue weighted by molar-refractivity contribution is -0.140. The molecule has 0 aliphatic rings. The quantitative estimate of drug-likeness (QED) is 0.562. The summed E-state index contributed by atoms with van der Waals surface area (Å²) in [4.78, 5) is 22.0. The molecule has 0 aromatic heterocycles. The molecule has 0 bridgehead atoms. The number of methoxy groups -OCH3 is 1. The predicted molar refractivity (Wildman–Crippen MR) is 71.7 cm³/mol. The number of hydrogen-bond donors (Lipinski definition) is 4. The lowest BCUT2D eigenvalue weighted by Gasteiger charge is -2.12. The Kier molecular flexibility index (Phi) is 6.31. The van der Waals surface area contributed by atoms with Gasteiger partial charge in [-0.25, -0.2) is 9.59 Å². The fourth-order valence-corrected chi connectivity index (χ4v) is 1.54. The summed E-state index contributed by atoms with van der Waals surface area (Å²) in [6, 6.07) is 5.49. The van der Waals surface area contributed by atoms with E-state index in [-0.39, 0.29) is 0 Å². The van der Waals surface area contributed by atoms with Crippen molar-refractivity contribution in [2.75, 3.05) is 20.3 Å². The smallest absolute Gasteiger partial charge is 0.328 e. The molecule has 20 heavy (non-hydrogen) atoms. The first kappa shape index (κ1) is 15.8. The highest BCUT2D eigenvalue weighted by Gasteiger charge is 2.17. The molecule has 0 fully saturated rings. The molecule has 110 valence electrons. The van der Waals surface area contributed by atoms with Gasteiger partial charge in [-0.3, -0.25) is 0 Å². The van der Waals surface area contributed by atoms with E-state index in [0.29, 0.717) is 13.0 Å². The average molecular weight is 282 g/mol. The van der Waals surface area contributed by atoms with E-state index in [1.54, 1.807) is 7.11 Å². The molecular weight excluding hydrogens is 264 g/mol. The number of carbonyl (C=O) groups is 2. The van der Waals surface area contributed by atoms with Crippen molar-refractivity contribution in [2.45, 2.75) is 12.5 Å². The van der Waals surface area contributed by atoms with Crippen LogP contribution in [0.4, 0.5) is 4.79 Å². The Bertz CT molecular complexity index is 464. The van der Waals surface area contributed by atoms with Crippen molar-refractivity contribution >= 4 is 12.0 Å². The molecular formula is C13H18N2O5. The molecule has 2 amide bonds. The van der Waals surface area contributed by atoms with Gasteiger partial charge in [0.1, 0.15) is 5.75 Å². The highest BCUT2D eigenvalue weighted by molar-refractivity contribution is 5.82. The number of rotatable bonds is 7. The summed E-state index contributed by atoms with van der Waals surface area (Å²) in [5.74, 6) is -0.548. The van der Waals surface area contributed by atoms with Gasteiger partial charge in [0.2, 0.25) is 0 Å². The number of nitrogens with one attached hydrogen (secondary N) is 2. The standard InChI is InChI=1S/C13H18N2O5/c1-20-10-4-2-3-9(7-10)5-6-14-13(19)15-11(8-16)12(17)18/h2-4,7,11,16H,5-6,8H2,1H3,(H,17,18)(H2,14,15,19)/t11-/m1/s1. The fourth-order valence-electron chi connectivity index (χ4n) is 1.54. The molecule has 0 aliphatic heterocycles. The minimum atomic E-state index is -1.30. The topological polar surface area (TPSA) is 108 Å². The number of carboxylic acid groups (broad SMARTS) is 1. The van der Waals surface area contributed by atoms with Crippen LogP contribution >= 0.6 is 0 Å². The Morgan fingerprint density at radius 2 is 2.15 bits per heavy atom. The van der Waals surface area contributed by atoms with Gasteiger partial charge in [-0.15, -0.1) is 0 Å². The van der Waals surface area contributed by atoms with Crippen LogP contribution < -0.4 is 15.4 Å². The van der Waals surface area contributed by atoms with Crippen LogP contribution in [0.3, 0.4) is 0 Å². The van der Waals surface area contributed by atoms with Gasteiger partial charge in [-0.05, 0) is 24.1 Å². The van der Waals surface area contributed by atoms with Gasteiger partial charge >= 0.3 is 12.0 Å². The van der Waals surface area contributed by atoms with E-state index in [0.717, 1.165) is 11.3 Å². The molecule has 7 nitrogen and oxygen atoms in total. The van der Waals surface area contributed by atoms with E-state index >= 15 is 0 Å². The van der Waals surface area contributed by atoms with Gasteiger partial charge in [0.25, 0.3) is 0 Å². The monoisotopic (exact) mass is 282 g/mol. The average Bonchev–Trinajstić information content (AvgIpc) is 2.44. The maximum absolute atomic E-state index is 11.4. The number of hydrogen-bond acceptors (Lipinski definition) is 4. The van der Waals surface area contributed by atoms with Crippen LogP contribution in [0, 0.1) is 0 Å². The first-order valence-corrected chi connectivity index (χ1v) is 6.07. The molecule has 0 heterocycles. The lowest BCUT2D eigenvalue weighted by Crippen LogP contribution is -2.48. The van der Waals surface area contributed by atoms with E-state index in [9.17, 15) is 9.59 Å². The third-order valence-corrected chi connectivity index (χ3v) is 2.62. The van der Waals surface area contributed by atoms with Crippen LogP contribution in [0.2, 0.25) is 0 Å². The van der Waals surface area contributed by atoms with Crippen molar-refractivity contribution in [3.05, 3.63) is 29.8 Å². The molecule has 1 aromatic carbocycles. The van der Waals surface area contributed by atoms with Crippen molar-refractivity contribution in [1.29, 1.82) is 0 Å². The number of aliphatic carboxylic acids is 1. The van der Waals surface area contributed by atoms with Crippen LogP contribution in [0.15, 0.2) is 24.3 Å². The second-order valence-electron chi connectivity index (χ2n) is 4.08. The van der Waals surface area contributed by atoms with Gasteiger partial charge < -0.3 is 25.6 Å². The van der Waals surface area contributed by atoms with E-state index < -0.39 is 24.6 Å². The molecule has 0 spiro atoms. The van der Waals surface area contributed by atoms with Gasteiger partial charge in [0.05, 0.1) is 13.7 Å². The van der Waals surface area contributed by atoms with Crippen molar-refractivity contribution < 1.29 is 24.5 Å². The summed E-state index contributed by atoms with van der Waals surface area (Å²) in [6.45, 7) is -0.310. The van der Waals surface area contributed by atoms with Crippen LogP contribution in [0.25, 0.3) is 0 Å². The number of carbonyl (C=O) groups excluding carboxylic acids is 1. The summed E-state index contributed by atoms with van der Waals surface area (Å²) in [7, 11) is 1.58. The summed E-state index contributed by atoms with van der Waals surface area (Å²) in [6.07, 6.45) is 0.585. The number of benzene rings is 1. The zero-order valence-corrected chi connectivity index (χ0v) is 11.1. The second-order valence-corrected chi connectivity index (χ2v) is 4.08. The van der Waals surface area contributed by atoms with Crippen LogP contribution in [-0.4, -0.2) is 48.5 Å². The Morgan fingerprint density at radius 1 is 1.40 bits per heavy atom. The highest BCUT2D eigenvalue weighted by atomic mass is 16.5. The lowest BCUT2D eigenvalue weighted by atomic mass is 10.1. The van der Waals surface area contributed by atoms with Crippen molar-refractivity contribution in [3.8, 4) is 5.75 Å². The summed E-state index contributed by atoms with van der Waals surface area (Å²) in [5.41, 5.74) is 0.988. The SMILES string of the molecule is COc1cccc(CCNC(=O)N[C@H](CO)C(=O)O)c1. The predicted octanol–water partition coefficient (Wildman–Crippen LogP) is -0.0176. The van der Waals surface area contributed by atoms with E-state index in [2.05, 4.69) is 10.6 Å². The molecule has 0 radical (unpaired) electrons. The van der Waals surface area contributed by atoms with Crippen molar-refractivity contribution in [3.63, 3.8) is 0 Å². The zero-order chi connectivity index (χ0) is 15.0. The summed E-state index contributed by atoms with van der Waals surface area (Å²) in [5, 5.41) is 22.1. The highest BCUT2D eigenvalue weighted by Crippen LogP contribution is 2.12. The van der Waals surface area contributed by atoms with Gasteiger partial charge in [0, 0.05) is 6.54 Å². The van der Waals surface area contributed by atoms with E-state index in [1.807, 2.05) is 24.3 Å². The third kappa shape index (κ3) is 5.15. The Balaban J connectivity index is 2.36. The van der Waals surface area contributed by atoms with Gasteiger partial charge in [-0.1, -0.05) is 12.1 Å². The summed E-state index contributed by atoms with van der Waals surface area (Å²) >= 11 is 0. The Morgan fingerprint density at radius 3 is 2.75 bits per heavy atom. The maximum atomic E-state index is 11.4. The van der Waals surface area contributed by atoms with Crippen LogP contribution in [0.5, 0.6) is 5.75 Å². The second kappa shape index (κ2) is 8.00. The number of ether oxygens (including phenoxy) is 1. The number of aliphatic hydroxyl groups is 1. The number of amides is 2. The molecule has 1 rings (SSSR count). The zero-order valence-electron chi connectivity index (χ0n) is 11.1. The number of aliphatic hydroxyl groups excluding tert-OH is 1. The Hall–Kier alpha value is -2.28. The maximum Gasteiger partial charge on any atom is 0.328 e. The molecule has 4 N–H and O–H groups in total.